The molecule has 0 aliphatic heterocycles. The third-order valence-electron chi connectivity index (χ3n) is 1.56. The molecule has 7 heteroatoms. The number of nitrogen functional groups attached to an aromatic ring is 2. The Kier molecular flexibility index (Phi) is 2.34. The number of anilines is 2. The van der Waals surface area contributed by atoms with Crippen molar-refractivity contribution in [3.05, 3.63) is 15.9 Å². The van der Waals surface area contributed by atoms with Gasteiger partial charge in [0, 0.05) is 4.47 Å². The molecule has 2 rings (SSSR count). The van der Waals surface area contributed by atoms with E-state index in [-0.39, 0.29) is 5.95 Å². The number of hydrogen-bond acceptors (Lipinski definition) is 6. The normalized spacial score (nSPS) is 10.4. The van der Waals surface area contributed by atoms with Crippen LogP contribution < -0.4 is 11.5 Å². The van der Waals surface area contributed by atoms with Gasteiger partial charge in [-0.25, -0.2) is 0 Å². The zero-order valence-corrected chi connectivity index (χ0v) is 9.34. The molecule has 0 unspecified atom stereocenters. The molecule has 0 aliphatic rings. The van der Waals surface area contributed by atoms with Crippen LogP contribution in [0.5, 0.6) is 0 Å². The molecule has 0 fully saturated rings. The Bertz CT molecular complexity index is 469. The summed E-state index contributed by atoms with van der Waals surface area (Å²) in [5, 5.41) is 9.49. The zero-order chi connectivity index (χ0) is 10.1. The van der Waals surface area contributed by atoms with Crippen LogP contribution in [0.25, 0.3) is 10.6 Å². The van der Waals surface area contributed by atoms with E-state index < -0.39 is 0 Å². The largest absolute Gasteiger partial charge is 0.382 e. The standard InChI is InChI=1S/C7H6BrN5S/c8-3-1-2-14-5(3)4-6(9)11-7(10)13-12-4/h1-2H,(H4,9,10,11,13). The minimum absolute atomic E-state index is 0.0823. The molecule has 0 atom stereocenters. The summed E-state index contributed by atoms with van der Waals surface area (Å²) in [6, 6.07) is 1.91. The molecule has 0 aromatic carbocycles. The molecule has 14 heavy (non-hydrogen) atoms. The molecule has 0 saturated carbocycles. The van der Waals surface area contributed by atoms with Crippen molar-refractivity contribution >= 4 is 39.0 Å². The van der Waals surface area contributed by atoms with Gasteiger partial charge >= 0.3 is 0 Å². The lowest BCUT2D eigenvalue weighted by Crippen LogP contribution is -2.03. The average molecular weight is 272 g/mol. The highest BCUT2D eigenvalue weighted by Gasteiger charge is 2.11. The van der Waals surface area contributed by atoms with Crippen molar-refractivity contribution in [1.29, 1.82) is 0 Å². The maximum absolute atomic E-state index is 5.67. The lowest BCUT2D eigenvalue weighted by molar-refractivity contribution is 1.00. The number of aromatic nitrogens is 3. The van der Waals surface area contributed by atoms with Gasteiger partial charge in [-0.2, -0.15) is 4.98 Å². The van der Waals surface area contributed by atoms with E-state index in [0.29, 0.717) is 11.5 Å². The highest BCUT2D eigenvalue weighted by atomic mass is 79.9. The molecule has 4 N–H and O–H groups in total. The predicted octanol–water partition coefficient (Wildman–Crippen LogP) is 1.53. The van der Waals surface area contributed by atoms with E-state index in [1.54, 1.807) is 0 Å². The van der Waals surface area contributed by atoms with E-state index >= 15 is 0 Å². The van der Waals surface area contributed by atoms with E-state index in [2.05, 4.69) is 31.1 Å². The molecule has 72 valence electrons. The Balaban J connectivity index is 2.58. The molecular weight excluding hydrogens is 266 g/mol. The third kappa shape index (κ3) is 1.55. The maximum atomic E-state index is 5.67. The van der Waals surface area contributed by atoms with E-state index in [0.717, 1.165) is 9.35 Å². The summed E-state index contributed by atoms with van der Waals surface area (Å²) < 4.78 is 0.926. The highest BCUT2D eigenvalue weighted by Crippen LogP contribution is 2.34. The number of nitrogens with two attached hydrogens (primary N) is 2. The second-order valence-corrected chi connectivity index (χ2v) is 4.27. The van der Waals surface area contributed by atoms with Crippen molar-refractivity contribution < 1.29 is 0 Å². The van der Waals surface area contributed by atoms with Crippen LogP contribution in [0.15, 0.2) is 15.9 Å². The highest BCUT2D eigenvalue weighted by molar-refractivity contribution is 9.10. The van der Waals surface area contributed by atoms with Gasteiger partial charge in [-0.3, -0.25) is 0 Å². The first-order valence-electron chi connectivity index (χ1n) is 3.67. The topological polar surface area (TPSA) is 90.7 Å². The smallest absolute Gasteiger partial charge is 0.242 e. The molecule has 0 saturated heterocycles. The molecular formula is C7H6BrN5S. The first kappa shape index (κ1) is 9.35. The fraction of sp³-hybridized carbons (Fsp3) is 0. The number of rotatable bonds is 1. The van der Waals surface area contributed by atoms with Crippen molar-refractivity contribution in [2.45, 2.75) is 0 Å². The third-order valence-corrected chi connectivity index (χ3v) is 3.41. The molecule has 2 heterocycles. The van der Waals surface area contributed by atoms with Gasteiger partial charge in [0.05, 0.1) is 4.88 Å². The monoisotopic (exact) mass is 271 g/mol. The minimum Gasteiger partial charge on any atom is -0.382 e. The molecule has 0 radical (unpaired) electrons. The van der Waals surface area contributed by atoms with Crippen molar-refractivity contribution in [1.82, 2.24) is 15.2 Å². The summed E-state index contributed by atoms with van der Waals surface area (Å²) in [7, 11) is 0. The Labute approximate surface area is 92.3 Å². The van der Waals surface area contributed by atoms with Crippen molar-refractivity contribution in [3.8, 4) is 10.6 Å². The van der Waals surface area contributed by atoms with Crippen LogP contribution in [0.1, 0.15) is 0 Å². The summed E-state index contributed by atoms with van der Waals surface area (Å²) >= 11 is 4.90. The fourth-order valence-electron chi connectivity index (χ4n) is 0.976. The number of thiophene rings is 1. The molecule has 0 amide bonds. The van der Waals surface area contributed by atoms with Gasteiger partial charge in [-0.15, -0.1) is 21.5 Å². The zero-order valence-electron chi connectivity index (χ0n) is 6.94. The van der Waals surface area contributed by atoms with E-state index in [4.69, 9.17) is 11.5 Å². The second kappa shape index (κ2) is 3.50. The van der Waals surface area contributed by atoms with E-state index in [9.17, 15) is 0 Å². The lowest BCUT2D eigenvalue weighted by Gasteiger charge is -2.00. The first-order valence-corrected chi connectivity index (χ1v) is 5.35. The number of halogens is 1. The van der Waals surface area contributed by atoms with Crippen LogP contribution in [0.3, 0.4) is 0 Å². The quantitative estimate of drug-likeness (QED) is 0.821. The van der Waals surface area contributed by atoms with Crippen LogP contribution in [0.4, 0.5) is 11.8 Å². The summed E-state index contributed by atoms with van der Waals surface area (Å²) in [4.78, 5) is 4.74. The van der Waals surface area contributed by atoms with Crippen LogP contribution in [-0.4, -0.2) is 15.2 Å². The van der Waals surface area contributed by atoms with Crippen LogP contribution in [-0.2, 0) is 0 Å². The van der Waals surface area contributed by atoms with Crippen LogP contribution >= 0.6 is 27.3 Å². The maximum Gasteiger partial charge on any atom is 0.242 e. The van der Waals surface area contributed by atoms with Gasteiger partial charge in [0.1, 0.15) is 5.69 Å². The Morgan fingerprint density at radius 3 is 2.64 bits per heavy atom. The van der Waals surface area contributed by atoms with Crippen molar-refractivity contribution in [3.63, 3.8) is 0 Å². The molecule has 0 spiro atoms. The second-order valence-electron chi connectivity index (χ2n) is 2.50. The summed E-state index contributed by atoms with van der Waals surface area (Å²) in [6.07, 6.45) is 0. The van der Waals surface area contributed by atoms with Gasteiger partial charge in [-0.1, -0.05) is 0 Å². The average Bonchev–Trinajstić information content (AvgIpc) is 2.52. The van der Waals surface area contributed by atoms with Crippen LogP contribution in [0, 0.1) is 0 Å². The Morgan fingerprint density at radius 2 is 2.07 bits per heavy atom. The molecule has 2 aromatic heterocycles. The molecule has 0 bridgehead atoms. The van der Waals surface area contributed by atoms with Gasteiger partial charge in [0.2, 0.25) is 5.95 Å². The van der Waals surface area contributed by atoms with Crippen LogP contribution in [0.2, 0.25) is 0 Å². The minimum atomic E-state index is 0.0823. The molecule has 0 aliphatic carbocycles. The molecule has 5 nitrogen and oxygen atoms in total. The summed E-state index contributed by atoms with van der Waals surface area (Å²) in [6.45, 7) is 0. The summed E-state index contributed by atoms with van der Waals surface area (Å²) in [5.41, 5.74) is 11.6. The SMILES string of the molecule is Nc1nnc(-c2sccc2Br)c(N)n1. The van der Waals surface area contributed by atoms with Crippen molar-refractivity contribution in [2.75, 3.05) is 11.5 Å². The first-order chi connectivity index (χ1) is 6.68. The predicted molar refractivity (Wildman–Crippen MR) is 59.7 cm³/mol. The fourth-order valence-corrected chi connectivity index (χ4v) is 2.53. The number of hydrogen-bond donors (Lipinski definition) is 2. The van der Waals surface area contributed by atoms with Gasteiger partial charge in [0.25, 0.3) is 0 Å². The van der Waals surface area contributed by atoms with Crippen molar-refractivity contribution in [2.24, 2.45) is 0 Å². The van der Waals surface area contributed by atoms with E-state index in [1.807, 2.05) is 11.4 Å². The van der Waals surface area contributed by atoms with E-state index in [1.165, 1.54) is 11.3 Å². The van der Waals surface area contributed by atoms with Gasteiger partial charge in [-0.05, 0) is 27.4 Å². The number of nitrogens with zero attached hydrogens (tertiary/aromatic N) is 3. The lowest BCUT2D eigenvalue weighted by atomic mass is 10.3. The Hall–Kier alpha value is -1.21. The molecule has 2 aromatic rings. The Morgan fingerprint density at radius 1 is 1.29 bits per heavy atom. The summed E-state index contributed by atoms with van der Waals surface area (Å²) in [5.74, 6) is 0.375. The van der Waals surface area contributed by atoms with Gasteiger partial charge in [0.15, 0.2) is 5.82 Å². The van der Waals surface area contributed by atoms with Gasteiger partial charge < -0.3 is 11.5 Å².